The number of carbonyl (C=O) groups excluding carboxylic acids is 1. The minimum atomic E-state index is -4.62. The fourth-order valence-corrected chi connectivity index (χ4v) is 4.90. The van der Waals surface area contributed by atoms with Crippen molar-refractivity contribution in [3.8, 4) is 5.69 Å². The van der Waals surface area contributed by atoms with Crippen LogP contribution in [0.5, 0.6) is 0 Å². The number of nitrogens with zero attached hydrogens (tertiary/aromatic N) is 3. The van der Waals surface area contributed by atoms with E-state index in [4.69, 9.17) is 12.2 Å². The molecule has 1 amide bonds. The van der Waals surface area contributed by atoms with Crippen molar-refractivity contribution < 1.29 is 23.1 Å². The van der Waals surface area contributed by atoms with Crippen LogP contribution in [0.15, 0.2) is 45.8 Å². The first-order chi connectivity index (χ1) is 17.4. The number of amides is 1. The summed E-state index contributed by atoms with van der Waals surface area (Å²) >= 11 is 8.31. The monoisotopic (exact) mass is 597 g/mol. The lowest BCUT2D eigenvalue weighted by Crippen LogP contribution is -2.45. The Kier molecular flexibility index (Phi) is 7.58. The molecule has 0 saturated heterocycles. The van der Waals surface area contributed by atoms with Crippen molar-refractivity contribution in [2.45, 2.75) is 45.1 Å². The van der Waals surface area contributed by atoms with Gasteiger partial charge in [0.15, 0.2) is 4.77 Å². The molecule has 2 atom stereocenters. The Bertz CT molecular complexity index is 1450. The Balaban J connectivity index is 1.64. The molecule has 0 spiro atoms. The van der Waals surface area contributed by atoms with Gasteiger partial charge in [-0.15, -0.1) is 0 Å². The smallest absolute Gasteiger partial charge is 0.392 e. The molecule has 1 aromatic carbocycles. The largest absolute Gasteiger partial charge is 0.417 e. The van der Waals surface area contributed by atoms with E-state index in [9.17, 15) is 27.9 Å². The molecule has 0 bridgehead atoms. The van der Waals surface area contributed by atoms with E-state index >= 15 is 0 Å². The van der Waals surface area contributed by atoms with Gasteiger partial charge in [0, 0.05) is 33.9 Å². The quantitative estimate of drug-likeness (QED) is 0.375. The Morgan fingerprint density at radius 3 is 2.70 bits per heavy atom. The lowest BCUT2D eigenvalue weighted by atomic mass is 9.98. The molecule has 0 aliphatic carbocycles. The number of aliphatic hydroxyl groups is 1. The van der Waals surface area contributed by atoms with Crippen molar-refractivity contribution in [1.82, 2.24) is 19.4 Å². The topological polar surface area (TPSA) is 103 Å². The third-order valence-electron chi connectivity index (χ3n) is 6.01. The average molecular weight is 598 g/mol. The molecule has 1 unspecified atom stereocenters. The van der Waals surface area contributed by atoms with Crippen LogP contribution in [0.4, 0.5) is 19.0 Å². The zero-order chi connectivity index (χ0) is 27.1. The first-order valence-corrected chi connectivity index (χ1v) is 12.5. The number of aromatic nitrogens is 3. The SMILES string of the molecule is CC(O)CNc1ccc(-n2c(=S)[nH]c3c(c2=O)C[C@@H](C)N(C(=O)c2ccc(Br)c(C(F)(F)F)c2)C3)cn1. The standard InChI is InChI=1S/C24H23BrF3N5O3S/c1-12-7-16-19(11-32(12)21(35)14-3-5-18(25)17(8-14)24(26,27)28)31-23(37)33(22(16)36)15-4-6-20(30-10-15)29-9-13(2)34/h3-6,8,10,12-13,34H,7,9,11H2,1-2H3,(H,29,30)(H,31,37)/t12-,13?/m1/s1. The highest BCUT2D eigenvalue weighted by Gasteiger charge is 2.35. The summed E-state index contributed by atoms with van der Waals surface area (Å²) in [6, 6.07) is 6.23. The number of rotatable bonds is 5. The summed E-state index contributed by atoms with van der Waals surface area (Å²) in [5.74, 6) is -0.0564. The fraction of sp³-hybridized carbons (Fsp3) is 0.333. The number of hydrogen-bond acceptors (Lipinski definition) is 6. The van der Waals surface area contributed by atoms with Crippen molar-refractivity contribution in [3.05, 3.63) is 78.5 Å². The lowest BCUT2D eigenvalue weighted by molar-refractivity contribution is -0.138. The number of H-pyrrole nitrogens is 1. The van der Waals surface area contributed by atoms with E-state index in [1.807, 2.05) is 0 Å². The van der Waals surface area contributed by atoms with Gasteiger partial charge in [0.25, 0.3) is 11.5 Å². The van der Waals surface area contributed by atoms with Crippen LogP contribution in [0.25, 0.3) is 5.69 Å². The zero-order valence-corrected chi connectivity index (χ0v) is 22.2. The van der Waals surface area contributed by atoms with Gasteiger partial charge in [0.2, 0.25) is 0 Å². The molecule has 0 fully saturated rings. The number of halogens is 4. The van der Waals surface area contributed by atoms with Gasteiger partial charge in [-0.2, -0.15) is 13.2 Å². The van der Waals surface area contributed by atoms with E-state index in [1.165, 1.54) is 27.8 Å². The van der Waals surface area contributed by atoms with Crippen molar-refractivity contribution in [2.75, 3.05) is 11.9 Å². The van der Waals surface area contributed by atoms with Gasteiger partial charge in [0.1, 0.15) is 5.82 Å². The maximum Gasteiger partial charge on any atom is 0.417 e. The second-order valence-electron chi connectivity index (χ2n) is 8.84. The van der Waals surface area contributed by atoms with Crippen LogP contribution in [0.2, 0.25) is 0 Å². The van der Waals surface area contributed by atoms with Crippen LogP contribution in [0, 0.1) is 4.77 Å². The van der Waals surface area contributed by atoms with E-state index < -0.39 is 29.8 Å². The van der Waals surface area contributed by atoms with Gasteiger partial charge in [-0.3, -0.25) is 14.2 Å². The molecule has 3 aromatic rings. The zero-order valence-electron chi connectivity index (χ0n) is 19.8. The van der Waals surface area contributed by atoms with E-state index in [2.05, 4.69) is 31.2 Å². The highest BCUT2D eigenvalue weighted by molar-refractivity contribution is 9.10. The van der Waals surface area contributed by atoms with Crippen molar-refractivity contribution in [1.29, 1.82) is 0 Å². The number of hydrogen-bond donors (Lipinski definition) is 3. The highest BCUT2D eigenvalue weighted by Crippen LogP contribution is 2.36. The first-order valence-electron chi connectivity index (χ1n) is 11.3. The Morgan fingerprint density at radius 2 is 2.08 bits per heavy atom. The van der Waals surface area contributed by atoms with Gasteiger partial charge >= 0.3 is 6.18 Å². The van der Waals surface area contributed by atoms with Crippen molar-refractivity contribution in [3.63, 3.8) is 0 Å². The fourth-order valence-electron chi connectivity index (χ4n) is 4.12. The van der Waals surface area contributed by atoms with Gasteiger partial charge in [-0.1, -0.05) is 15.9 Å². The molecule has 1 aliphatic rings. The molecule has 3 heterocycles. The van der Waals surface area contributed by atoms with Crippen LogP contribution in [-0.4, -0.2) is 49.1 Å². The van der Waals surface area contributed by atoms with Gasteiger partial charge in [0.05, 0.1) is 30.1 Å². The molecule has 2 aromatic heterocycles. The number of fused-ring (bicyclic) bond motifs is 1. The molecule has 0 radical (unpaired) electrons. The molecule has 13 heteroatoms. The number of benzene rings is 1. The normalized spacial score (nSPS) is 16.3. The average Bonchev–Trinajstić information content (AvgIpc) is 2.83. The van der Waals surface area contributed by atoms with Gasteiger partial charge < -0.3 is 20.3 Å². The maximum atomic E-state index is 13.4. The Labute approximate surface area is 223 Å². The summed E-state index contributed by atoms with van der Waals surface area (Å²) in [6.07, 6.45) is -3.50. The predicted octanol–water partition coefficient (Wildman–Crippen LogP) is 4.45. The van der Waals surface area contributed by atoms with Crippen LogP contribution in [0.3, 0.4) is 0 Å². The molecule has 4 rings (SSSR count). The van der Waals surface area contributed by atoms with Crippen LogP contribution in [0.1, 0.15) is 41.0 Å². The summed E-state index contributed by atoms with van der Waals surface area (Å²) < 4.78 is 41.3. The molecule has 1 aliphatic heterocycles. The molecular formula is C24H23BrF3N5O3S. The van der Waals surface area contributed by atoms with Crippen molar-refractivity contribution in [2.24, 2.45) is 0 Å². The van der Waals surface area contributed by atoms with Gasteiger partial charge in [-0.25, -0.2) is 4.98 Å². The second kappa shape index (κ2) is 10.4. The minimum absolute atomic E-state index is 0.00702. The van der Waals surface area contributed by atoms with Crippen LogP contribution >= 0.6 is 28.1 Å². The number of nitrogens with one attached hydrogen (secondary N) is 2. The molecule has 37 heavy (non-hydrogen) atoms. The van der Waals surface area contributed by atoms with Gasteiger partial charge in [-0.05, 0) is 62.8 Å². The Morgan fingerprint density at radius 1 is 1.35 bits per heavy atom. The molecule has 0 saturated carbocycles. The summed E-state index contributed by atoms with van der Waals surface area (Å²) in [5, 5.41) is 12.4. The number of aromatic amines is 1. The lowest BCUT2D eigenvalue weighted by Gasteiger charge is -2.34. The summed E-state index contributed by atoms with van der Waals surface area (Å²) in [4.78, 5) is 35.3. The third-order valence-corrected chi connectivity index (χ3v) is 6.99. The summed E-state index contributed by atoms with van der Waals surface area (Å²) in [5.41, 5.74) is -0.0775. The minimum Gasteiger partial charge on any atom is -0.392 e. The maximum absolute atomic E-state index is 13.4. The Hall–Kier alpha value is -3.03. The van der Waals surface area contributed by atoms with Crippen LogP contribution < -0.4 is 10.9 Å². The number of pyridine rings is 1. The molecule has 196 valence electrons. The van der Waals surface area contributed by atoms with Crippen LogP contribution in [-0.2, 0) is 19.1 Å². The highest BCUT2D eigenvalue weighted by atomic mass is 79.9. The summed E-state index contributed by atoms with van der Waals surface area (Å²) in [6.45, 7) is 3.69. The van der Waals surface area contributed by atoms with E-state index in [1.54, 1.807) is 26.0 Å². The second-order valence-corrected chi connectivity index (χ2v) is 10.1. The number of carbonyl (C=O) groups is 1. The number of alkyl halides is 3. The number of aliphatic hydroxyl groups excluding tert-OH is 1. The summed E-state index contributed by atoms with van der Waals surface area (Å²) in [7, 11) is 0. The molecular weight excluding hydrogens is 575 g/mol. The van der Waals surface area contributed by atoms with E-state index in [-0.39, 0.29) is 33.3 Å². The third kappa shape index (κ3) is 5.63. The van der Waals surface area contributed by atoms with E-state index in [0.717, 1.165) is 6.07 Å². The number of anilines is 1. The molecule has 8 nitrogen and oxygen atoms in total. The van der Waals surface area contributed by atoms with Crippen molar-refractivity contribution >= 4 is 39.9 Å². The predicted molar refractivity (Wildman–Crippen MR) is 137 cm³/mol. The first kappa shape index (κ1) is 27.0. The van der Waals surface area contributed by atoms with E-state index in [0.29, 0.717) is 29.3 Å². The molecule has 3 N–H and O–H groups in total.